The van der Waals surface area contributed by atoms with Crippen LogP contribution in [-0.4, -0.2) is 35.7 Å². The smallest absolute Gasteiger partial charge is 0.407 e. The SMILES string of the molecule is CC(C)(C)OC(=O)NC1CC(=O)CC(NC(=O)OCc2ccccc2)C1. The third-order valence-electron chi connectivity index (χ3n) is 3.77. The molecule has 0 saturated heterocycles. The number of benzene rings is 1. The summed E-state index contributed by atoms with van der Waals surface area (Å²) >= 11 is 0. The number of hydrogen-bond acceptors (Lipinski definition) is 5. The molecule has 1 saturated carbocycles. The van der Waals surface area contributed by atoms with Crippen molar-refractivity contribution in [1.29, 1.82) is 0 Å². The largest absolute Gasteiger partial charge is 0.445 e. The van der Waals surface area contributed by atoms with Crippen molar-refractivity contribution in [2.24, 2.45) is 0 Å². The van der Waals surface area contributed by atoms with Crippen molar-refractivity contribution in [3.63, 3.8) is 0 Å². The molecule has 0 spiro atoms. The summed E-state index contributed by atoms with van der Waals surface area (Å²) in [4.78, 5) is 35.7. The quantitative estimate of drug-likeness (QED) is 0.859. The Balaban J connectivity index is 1.80. The van der Waals surface area contributed by atoms with E-state index in [-0.39, 0.29) is 37.3 Å². The van der Waals surface area contributed by atoms with Crippen molar-refractivity contribution in [2.45, 2.75) is 64.3 Å². The maximum Gasteiger partial charge on any atom is 0.407 e. The van der Waals surface area contributed by atoms with Crippen LogP contribution in [0.25, 0.3) is 0 Å². The Hall–Kier alpha value is -2.57. The van der Waals surface area contributed by atoms with Crippen LogP contribution in [0.1, 0.15) is 45.6 Å². The van der Waals surface area contributed by atoms with Gasteiger partial charge in [-0.1, -0.05) is 30.3 Å². The molecule has 2 N–H and O–H groups in total. The Kier molecular flexibility index (Phi) is 6.60. The molecule has 1 aliphatic rings. The lowest BCUT2D eigenvalue weighted by molar-refractivity contribution is -0.121. The summed E-state index contributed by atoms with van der Waals surface area (Å²) in [5.41, 5.74) is 0.272. The molecule has 0 aromatic heterocycles. The number of hydrogen-bond donors (Lipinski definition) is 2. The van der Waals surface area contributed by atoms with Crippen molar-refractivity contribution in [2.75, 3.05) is 0 Å². The first-order valence-corrected chi connectivity index (χ1v) is 8.70. The molecule has 0 radical (unpaired) electrons. The van der Waals surface area contributed by atoms with Gasteiger partial charge in [-0.3, -0.25) is 4.79 Å². The number of carbonyl (C=O) groups excluding carboxylic acids is 3. The summed E-state index contributed by atoms with van der Waals surface area (Å²) in [6, 6.07) is 8.59. The van der Waals surface area contributed by atoms with Crippen molar-refractivity contribution < 1.29 is 23.9 Å². The lowest BCUT2D eigenvalue weighted by Gasteiger charge is -2.30. The zero-order chi connectivity index (χ0) is 19.2. The minimum Gasteiger partial charge on any atom is -0.445 e. The molecule has 26 heavy (non-hydrogen) atoms. The van der Waals surface area contributed by atoms with E-state index in [9.17, 15) is 14.4 Å². The lowest BCUT2D eigenvalue weighted by atomic mass is 9.90. The summed E-state index contributed by atoms with van der Waals surface area (Å²) in [5.74, 6) is -0.0225. The molecule has 142 valence electrons. The number of rotatable bonds is 4. The molecule has 2 atom stereocenters. The monoisotopic (exact) mass is 362 g/mol. The maximum atomic E-state index is 12.0. The van der Waals surface area contributed by atoms with E-state index in [0.29, 0.717) is 6.42 Å². The second-order valence-corrected chi connectivity index (χ2v) is 7.43. The molecule has 0 heterocycles. The Morgan fingerprint density at radius 1 is 1.04 bits per heavy atom. The third-order valence-corrected chi connectivity index (χ3v) is 3.77. The Bertz CT molecular complexity index is 639. The lowest BCUT2D eigenvalue weighted by Crippen LogP contribution is -2.49. The molecule has 1 aromatic rings. The zero-order valence-electron chi connectivity index (χ0n) is 15.4. The molecule has 1 aliphatic carbocycles. The molecule has 2 amide bonds. The average Bonchev–Trinajstić information content (AvgIpc) is 2.51. The minimum absolute atomic E-state index is 0.0225. The van der Waals surface area contributed by atoms with Crippen molar-refractivity contribution in [1.82, 2.24) is 10.6 Å². The van der Waals surface area contributed by atoms with Gasteiger partial charge in [0.1, 0.15) is 18.0 Å². The number of nitrogens with one attached hydrogen (secondary N) is 2. The van der Waals surface area contributed by atoms with Gasteiger partial charge in [0.05, 0.1) is 0 Å². The summed E-state index contributed by atoms with van der Waals surface area (Å²) < 4.78 is 10.4. The normalized spacial score (nSPS) is 20.2. The second-order valence-electron chi connectivity index (χ2n) is 7.43. The van der Waals surface area contributed by atoms with Gasteiger partial charge in [-0.05, 0) is 32.8 Å². The Morgan fingerprint density at radius 2 is 1.62 bits per heavy atom. The molecule has 1 fully saturated rings. The number of amides is 2. The van der Waals surface area contributed by atoms with E-state index in [1.807, 2.05) is 30.3 Å². The van der Waals surface area contributed by atoms with E-state index in [1.54, 1.807) is 20.8 Å². The summed E-state index contributed by atoms with van der Waals surface area (Å²) in [6.45, 7) is 5.47. The van der Waals surface area contributed by atoms with Crippen molar-refractivity contribution >= 4 is 18.0 Å². The second kappa shape index (κ2) is 8.69. The van der Waals surface area contributed by atoms with Crippen molar-refractivity contribution in [3.05, 3.63) is 35.9 Å². The van der Waals surface area contributed by atoms with Crippen LogP contribution in [0.5, 0.6) is 0 Å². The van der Waals surface area contributed by atoms with Gasteiger partial charge in [0.2, 0.25) is 0 Å². The standard InChI is InChI=1S/C19H26N2O5/c1-19(2,3)26-18(24)21-15-9-14(10-16(22)11-15)20-17(23)25-12-13-7-5-4-6-8-13/h4-8,14-15H,9-12H2,1-3H3,(H,20,23)(H,21,24). The number of alkyl carbamates (subject to hydrolysis) is 2. The van der Waals surface area contributed by atoms with Crippen LogP contribution >= 0.6 is 0 Å². The van der Waals surface area contributed by atoms with E-state index in [0.717, 1.165) is 5.56 Å². The molecule has 2 unspecified atom stereocenters. The highest BCUT2D eigenvalue weighted by molar-refractivity contribution is 5.82. The third kappa shape index (κ3) is 7.13. The summed E-state index contributed by atoms with van der Waals surface area (Å²) in [5, 5.41) is 5.39. The van der Waals surface area contributed by atoms with Gasteiger partial charge in [0, 0.05) is 24.9 Å². The first kappa shape index (κ1) is 19.8. The fourth-order valence-electron chi connectivity index (χ4n) is 2.77. The zero-order valence-corrected chi connectivity index (χ0v) is 15.4. The maximum absolute atomic E-state index is 12.0. The van der Waals surface area contributed by atoms with Crippen LogP contribution in [0.4, 0.5) is 9.59 Å². The van der Waals surface area contributed by atoms with E-state index in [4.69, 9.17) is 9.47 Å². The van der Waals surface area contributed by atoms with Gasteiger partial charge in [0.15, 0.2) is 0 Å². The predicted molar refractivity (Wildman–Crippen MR) is 95.6 cm³/mol. The predicted octanol–water partition coefficient (Wildman–Crippen LogP) is 2.93. The van der Waals surface area contributed by atoms with Gasteiger partial charge in [-0.2, -0.15) is 0 Å². The number of ketones is 1. The molecule has 2 rings (SSSR count). The summed E-state index contributed by atoms with van der Waals surface area (Å²) in [7, 11) is 0. The van der Waals surface area contributed by atoms with Crippen LogP contribution < -0.4 is 10.6 Å². The molecular weight excluding hydrogens is 336 g/mol. The van der Waals surface area contributed by atoms with Crippen LogP contribution in [0.3, 0.4) is 0 Å². The fourth-order valence-corrected chi connectivity index (χ4v) is 2.77. The topological polar surface area (TPSA) is 93.7 Å². The molecule has 1 aromatic carbocycles. The van der Waals surface area contributed by atoms with E-state index < -0.39 is 17.8 Å². The van der Waals surface area contributed by atoms with Gasteiger partial charge in [-0.25, -0.2) is 9.59 Å². The number of Topliss-reactive ketones (excluding diaryl/α,β-unsaturated/α-hetero) is 1. The van der Waals surface area contributed by atoms with Gasteiger partial charge in [-0.15, -0.1) is 0 Å². The minimum atomic E-state index is -0.609. The van der Waals surface area contributed by atoms with Gasteiger partial charge < -0.3 is 20.1 Å². The fraction of sp³-hybridized carbons (Fsp3) is 0.526. The average molecular weight is 362 g/mol. The number of carbonyl (C=O) groups is 3. The van der Waals surface area contributed by atoms with Crippen LogP contribution in [0, 0.1) is 0 Å². The molecular formula is C19H26N2O5. The highest BCUT2D eigenvalue weighted by atomic mass is 16.6. The Morgan fingerprint density at radius 3 is 2.19 bits per heavy atom. The highest BCUT2D eigenvalue weighted by Gasteiger charge is 2.30. The van der Waals surface area contributed by atoms with Gasteiger partial charge >= 0.3 is 12.2 Å². The first-order valence-electron chi connectivity index (χ1n) is 8.70. The van der Waals surface area contributed by atoms with Crippen LogP contribution in [0.2, 0.25) is 0 Å². The summed E-state index contributed by atoms with van der Waals surface area (Å²) in [6.07, 6.45) is -0.235. The van der Waals surface area contributed by atoms with Gasteiger partial charge in [0.25, 0.3) is 0 Å². The van der Waals surface area contributed by atoms with Crippen LogP contribution in [0.15, 0.2) is 30.3 Å². The van der Waals surface area contributed by atoms with Crippen molar-refractivity contribution in [3.8, 4) is 0 Å². The molecule has 7 nitrogen and oxygen atoms in total. The van der Waals surface area contributed by atoms with E-state index in [2.05, 4.69) is 10.6 Å². The van der Waals surface area contributed by atoms with E-state index >= 15 is 0 Å². The van der Waals surface area contributed by atoms with E-state index in [1.165, 1.54) is 0 Å². The molecule has 7 heteroatoms. The molecule has 0 bridgehead atoms. The highest BCUT2D eigenvalue weighted by Crippen LogP contribution is 2.17. The number of ether oxygens (including phenoxy) is 2. The first-order chi connectivity index (χ1) is 12.2. The Labute approximate surface area is 153 Å². The van der Waals surface area contributed by atoms with Crippen LogP contribution in [-0.2, 0) is 20.9 Å². The molecule has 0 aliphatic heterocycles.